The van der Waals surface area contributed by atoms with Crippen LogP contribution in [0, 0.1) is 6.92 Å². The van der Waals surface area contributed by atoms with Crippen LogP contribution >= 0.6 is 15.9 Å². The van der Waals surface area contributed by atoms with E-state index in [4.69, 9.17) is 18.4 Å². The Morgan fingerprint density at radius 3 is 2.67 bits per heavy atom. The number of aromatic nitrogens is 3. The number of nitrogens with zero attached hydrogens (tertiary/aromatic N) is 4. The average molecular weight is 718 g/mol. The Kier molecular flexibility index (Phi) is 10.5. The van der Waals surface area contributed by atoms with Gasteiger partial charge in [-0.05, 0) is 73.9 Å². The second-order valence-electron chi connectivity index (χ2n) is 10.9. The molecule has 0 amide bonds. The van der Waals surface area contributed by atoms with E-state index in [1.54, 1.807) is 24.6 Å². The molecular formula is C32H37BrN4O8S. The number of ether oxygens (including phenoxy) is 3. The van der Waals surface area contributed by atoms with E-state index in [0.29, 0.717) is 42.2 Å². The van der Waals surface area contributed by atoms with Crippen LogP contribution in [0.4, 0.5) is 0 Å². The fraction of sp³-hybridized carbons (Fsp3) is 0.406. The zero-order chi connectivity index (χ0) is 33.0. The van der Waals surface area contributed by atoms with Gasteiger partial charge in [0.15, 0.2) is 0 Å². The zero-order valence-electron chi connectivity index (χ0n) is 26.1. The molecule has 4 aromatic rings. The lowest BCUT2D eigenvalue weighted by atomic mass is 9.84. The molecule has 1 aromatic heterocycles. The van der Waals surface area contributed by atoms with E-state index >= 15 is 0 Å². The van der Waals surface area contributed by atoms with Gasteiger partial charge in [-0.15, -0.1) is 5.10 Å². The van der Waals surface area contributed by atoms with Gasteiger partial charge in [-0.2, -0.15) is 12.7 Å². The molecule has 0 saturated carbocycles. The Balaban J connectivity index is 1.54. The van der Waals surface area contributed by atoms with Crippen LogP contribution in [-0.4, -0.2) is 71.1 Å². The van der Waals surface area contributed by atoms with Crippen LogP contribution in [-0.2, 0) is 37.7 Å². The first-order chi connectivity index (χ1) is 22.1. The maximum atomic E-state index is 13.3. The largest absolute Gasteiger partial charge is 0.508 e. The van der Waals surface area contributed by atoms with Crippen molar-refractivity contribution in [2.24, 2.45) is 0 Å². The molecule has 0 fully saturated rings. The van der Waals surface area contributed by atoms with E-state index in [9.17, 15) is 18.3 Å². The van der Waals surface area contributed by atoms with Crippen LogP contribution in [0.15, 0.2) is 48.5 Å². The number of aromatic hydroxyl groups is 1. The fourth-order valence-electron chi connectivity index (χ4n) is 5.79. The van der Waals surface area contributed by atoms with Crippen molar-refractivity contribution in [3.63, 3.8) is 0 Å². The Bertz CT molecular complexity index is 1830. The minimum Gasteiger partial charge on any atom is -0.508 e. The molecule has 12 nitrogen and oxygen atoms in total. The lowest BCUT2D eigenvalue weighted by Gasteiger charge is -2.33. The first kappa shape index (κ1) is 33.6. The topological polar surface area (TPSA) is 142 Å². The van der Waals surface area contributed by atoms with E-state index in [2.05, 4.69) is 26.2 Å². The number of halogens is 1. The number of benzene rings is 3. The van der Waals surface area contributed by atoms with Crippen LogP contribution in [0.1, 0.15) is 60.0 Å². The summed E-state index contributed by atoms with van der Waals surface area (Å²) in [6.07, 6.45) is 0.0482. The normalized spacial score (nSPS) is 15.6. The average Bonchev–Trinajstić information content (AvgIpc) is 3.45. The Morgan fingerprint density at radius 1 is 1.13 bits per heavy atom. The Morgan fingerprint density at radius 2 is 1.93 bits per heavy atom. The number of esters is 1. The molecule has 0 radical (unpaired) electrons. The summed E-state index contributed by atoms with van der Waals surface area (Å²) in [4.78, 5) is 12.9. The molecule has 1 aliphatic heterocycles. The van der Waals surface area contributed by atoms with Crippen LogP contribution in [0.2, 0.25) is 0 Å². The van der Waals surface area contributed by atoms with Gasteiger partial charge in [0.05, 0.1) is 51.5 Å². The van der Waals surface area contributed by atoms with Gasteiger partial charge in [-0.1, -0.05) is 33.3 Å². The highest BCUT2D eigenvalue weighted by Crippen LogP contribution is 2.41. The molecule has 2 heterocycles. The van der Waals surface area contributed by atoms with Crippen molar-refractivity contribution in [2.75, 3.05) is 32.3 Å². The van der Waals surface area contributed by atoms with Gasteiger partial charge in [0, 0.05) is 28.9 Å². The second-order valence-corrected chi connectivity index (χ2v) is 13.2. The van der Waals surface area contributed by atoms with Gasteiger partial charge < -0.3 is 23.5 Å². The summed E-state index contributed by atoms with van der Waals surface area (Å²) in [5, 5.41) is 19.6. The first-order valence-corrected chi connectivity index (χ1v) is 17.4. The zero-order valence-corrected chi connectivity index (χ0v) is 28.5. The molecule has 0 saturated heterocycles. The molecule has 246 valence electrons. The number of alkyl halides is 1. The lowest BCUT2D eigenvalue weighted by molar-refractivity contribution is -0.143. The summed E-state index contributed by atoms with van der Waals surface area (Å²) < 4.78 is 51.6. The van der Waals surface area contributed by atoms with Gasteiger partial charge in [0.2, 0.25) is 0 Å². The van der Waals surface area contributed by atoms with Crippen molar-refractivity contribution in [1.82, 2.24) is 19.3 Å². The minimum absolute atomic E-state index is 0.00555. The van der Waals surface area contributed by atoms with Crippen LogP contribution in [0.25, 0.3) is 11.0 Å². The number of phenols is 1. The quantitative estimate of drug-likeness (QED) is 0.112. The summed E-state index contributed by atoms with van der Waals surface area (Å²) >= 11 is 3.36. The number of methoxy groups -OCH3 is 1. The fourth-order valence-corrected chi connectivity index (χ4v) is 7.30. The smallest absolute Gasteiger partial charge is 0.386 e. The third kappa shape index (κ3) is 6.99. The Hall–Kier alpha value is -3.72. The van der Waals surface area contributed by atoms with E-state index in [-0.39, 0.29) is 37.0 Å². The number of fused-ring (bicyclic) bond motifs is 2. The molecule has 5 rings (SSSR count). The van der Waals surface area contributed by atoms with E-state index < -0.39 is 22.3 Å². The number of hydrogen-bond donors (Lipinski definition) is 1. The highest BCUT2D eigenvalue weighted by molar-refractivity contribution is 9.09. The van der Waals surface area contributed by atoms with E-state index in [1.165, 1.54) is 29.6 Å². The predicted octanol–water partition coefficient (Wildman–Crippen LogP) is 5.15. The molecule has 3 aromatic carbocycles. The van der Waals surface area contributed by atoms with Gasteiger partial charge in [0.25, 0.3) is 0 Å². The molecule has 1 N–H and O–H groups in total. The maximum absolute atomic E-state index is 13.3. The molecule has 46 heavy (non-hydrogen) atoms. The van der Waals surface area contributed by atoms with Crippen LogP contribution < -0.4 is 8.92 Å². The van der Waals surface area contributed by atoms with Crippen molar-refractivity contribution in [1.29, 1.82) is 0 Å². The molecule has 2 atom stereocenters. The lowest BCUT2D eigenvalue weighted by Crippen LogP contribution is -2.39. The summed E-state index contributed by atoms with van der Waals surface area (Å²) in [6, 6.07) is 13.0. The van der Waals surface area contributed by atoms with Crippen LogP contribution in [0.5, 0.6) is 17.2 Å². The Labute approximate surface area is 276 Å². The third-order valence-electron chi connectivity index (χ3n) is 8.09. The summed E-state index contributed by atoms with van der Waals surface area (Å²) in [5.41, 5.74) is 5.18. The van der Waals surface area contributed by atoms with Gasteiger partial charge in [0.1, 0.15) is 22.8 Å². The van der Waals surface area contributed by atoms with Gasteiger partial charge in [-0.3, -0.25) is 4.79 Å². The third-order valence-corrected chi connectivity index (χ3v) is 9.83. The van der Waals surface area contributed by atoms with Crippen molar-refractivity contribution < 1.29 is 36.7 Å². The highest BCUT2D eigenvalue weighted by atomic mass is 79.9. The van der Waals surface area contributed by atoms with Crippen molar-refractivity contribution in [3.05, 3.63) is 76.3 Å². The van der Waals surface area contributed by atoms with Crippen LogP contribution in [0.3, 0.4) is 0 Å². The summed E-state index contributed by atoms with van der Waals surface area (Å²) in [7, 11) is -2.66. The molecular weight excluding hydrogens is 680 g/mol. The first-order valence-electron chi connectivity index (χ1n) is 14.9. The number of phenolic OH excluding ortho intramolecular Hbond substituents is 1. The molecule has 14 heteroatoms. The number of hydrogen-bond acceptors (Lipinski definition) is 10. The van der Waals surface area contributed by atoms with Crippen molar-refractivity contribution in [2.45, 2.75) is 52.2 Å². The predicted molar refractivity (Wildman–Crippen MR) is 175 cm³/mol. The molecule has 0 aliphatic carbocycles. The maximum Gasteiger partial charge on any atom is 0.386 e. The van der Waals surface area contributed by atoms with Gasteiger partial charge >= 0.3 is 16.3 Å². The SMILES string of the molecule is CCOC(=O)CC(c1ccc(OC)c([C@@H](C)N2Cc3cc(O)ccc3OS2(=O)=O)c1)c1ccc2c(nnn2CCOCCBr)c1C. The number of carbonyl (C=O) groups excluding carboxylic acids is 1. The summed E-state index contributed by atoms with van der Waals surface area (Å²) in [6.45, 7) is 7.32. The number of carbonyl (C=O) groups is 1. The second kappa shape index (κ2) is 14.4. The van der Waals surface area contributed by atoms with Gasteiger partial charge in [-0.25, -0.2) is 4.68 Å². The molecule has 1 unspecified atom stereocenters. The number of rotatable bonds is 13. The standard InChI is InChI=1S/C32H37BrN4O8S/c1-5-44-31(39)18-27(25-8-9-28-32(20(25)2)34-35-36(28)13-15-43-14-12-33)22-6-10-30(42-4)26(17-22)21(3)37-19-23-16-24(38)7-11-29(23)45-46(37,40)41/h6-11,16-17,21,27,38H,5,12-15,18-19H2,1-4H3/t21-,27?/m1/s1. The molecule has 1 aliphatic rings. The van der Waals surface area contributed by atoms with Crippen molar-refractivity contribution >= 4 is 43.2 Å². The minimum atomic E-state index is -4.18. The van der Waals surface area contributed by atoms with E-state index in [0.717, 1.165) is 27.5 Å². The summed E-state index contributed by atoms with van der Waals surface area (Å²) in [5.74, 6) is -0.162. The van der Waals surface area contributed by atoms with Crippen molar-refractivity contribution in [3.8, 4) is 17.2 Å². The number of aryl methyl sites for hydroxylation is 1. The van der Waals surface area contributed by atoms with E-state index in [1.807, 2.05) is 31.2 Å². The molecule has 0 spiro atoms. The molecule has 0 bridgehead atoms. The monoisotopic (exact) mass is 716 g/mol. The highest BCUT2D eigenvalue weighted by Gasteiger charge is 2.37.